The number of carbonyl (C=O) groups excluding carboxylic acids is 3. The molecule has 2 saturated carbocycles. The Hall–Kier alpha value is -5.55. The van der Waals surface area contributed by atoms with Gasteiger partial charge in [-0.25, -0.2) is 9.59 Å². The number of nitrogens with two attached hydrogens (primary N) is 1. The lowest BCUT2D eigenvalue weighted by Gasteiger charge is -2.65. The van der Waals surface area contributed by atoms with Gasteiger partial charge in [-0.3, -0.25) is 19.3 Å². The van der Waals surface area contributed by atoms with Gasteiger partial charge in [0.2, 0.25) is 0 Å². The van der Waals surface area contributed by atoms with Crippen molar-refractivity contribution < 1.29 is 63.0 Å². The molecule has 0 aromatic heterocycles. The van der Waals surface area contributed by atoms with Gasteiger partial charge in [0.05, 0.1) is 43.0 Å². The molecule has 4 fully saturated rings. The number of aliphatic carboxylic acids is 2. The zero-order valence-electron chi connectivity index (χ0n) is 42.0. The van der Waals surface area contributed by atoms with Crippen molar-refractivity contribution in [2.45, 2.75) is 123 Å². The number of benzene rings is 2. The number of rotatable bonds is 9. The lowest BCUT2D eigenvalue weighted by Crippen LogP contribution is -2.73. The summed E-state index contributed by atoms with van der Waals surface area (Å²) in [4.78, 5) is 60.6. The number of hydrogen-bond donors (Lipinski definition) is 4. The number of esters is 1. The number of carbonyl (C=O) groups is 5. The van der Waals surface area contributed by atoms with Gasteiger partial charge in [0.15, 0.2) is 0 Å². The molecular formula is C54H76N2O13. The van der Waals surface area contributed by atoms with Crippen LogP contribution in [-0.2, 0) is 44.5 Å². The van der Waals surface area contributed by atoms with E-state index < -0.39 is 64.2 Å². The molecule has 0 spiro atoms. The number of ether oxygens (including phenoxy) is 5. The van der Waals surface area contributed by atoms with Crippen LogP contribution in [0.15, 0.2) is 71.8 Å². The number of amides is 1. The van der Waals surface area contributed by atoms with Gasteiger partial charge in [0, 0.05) is 63.1 Å². The first-order chi connectivity index (χ1) is 32.5. The van der Waals surface area contributed by atoms with Crippen molar-refractivity contribution in [2.75, 3.05) is 46.6 Å². The number of aliphatic hydroxyl groups is 1. The summed E-state index contributed by atoms with van der Waals surface area (Å²) < 4.78 is 28.8. The van der Waals surface area contributed by atoms with Crippen molar-refractivity contribution in [3.63, 3.8) is 0 Å². The summed E-state index contributed by atoms with van der Waals surface area (Å²) in [6, 6.07) is 18.6. The van der Waals surface area contributed by atoms with Gasteiger partial charge in [-0.05, 0) is 84.5 Å². The highest BCUT2D eigenvalue weighted by Gasteiger charge is 2.71. The Morgan fingerprint density at radius 1 is 0.928 bits per heavy atom. The predicted molar refractivity (Wildman–Crippen MR) is 263 cm³/mol. The first-order valence-electron chi connectivity index (χ1n) is 23.3. The number of ketones is 1. The largest absolute Gasteiger partial charge is 0.481 e. The van der Waals surface area contributed by atoms with E-state index in [9.17, 15) is 19.5 Å². The van der Waals surface area contributed by atoms with E-state index in [4.69, 9.17) is 39.7 Å². The third kappa shape index (κ3) is 15.5. The summed E-state index contributed by atoms with van der Waals surface area (Å²) in [6.07, 6.45) is 17.1. The molecule has 3 aliphatic carbocycles. The van der Waals surface area contributed by atoms with E-state index in [1.165, 1.54) is 0 Å². The smallest absolute Gasteiger partial charge is 0.405 e. The number of aryl methyl sites for hydroxylation is 1. The first kappa shape index (κ1) is 59.6. The Kier molecular flexibility index (Phi) is 23.3. The second-order valence-corrected chi connectivity index (χ2v) is 19.3. The molecule has 5 aliphatic rings. The molecule has 7 rings (SSSR count). The number of Topliss-reactive ketones (excluding diaryl/α,β-unsaturated/α-hetero) is 1. The van der Waals surface area contributed by atoms with Gasteiger partial charge in [-0.15, -0.1) is 25.7 Å². The van der Waals surface area contributed by atoms with E-state index in [0.717, 1.165) is 43.3 Å². The molecule has 5 N–H and O–H groups in total. The predicted octanol–water partition coefficient (Wildman–Crippen LogP) is 7.23. The van der Waals surface area contributed by atoms with Crippen LogP contribution in [0, 0.1) is 54.3 Å². The third-order valence-electron chi connectivity index (χ3n) is 13.6. The number of fused-ring (bicyclic) bond motifs is 5. The standard InChI is InChI=1S/C34H47NO7.C9H10O2.C5H11NO2.C2H4O2.2C2H2/c1-21-11-13-34(38)30(42-31(37)22-9-7-6-8-10-22)28-24-20-41-25(24)19-26(39-5)33(28,4)29(36)23(27(21)32(34,2)3)12-14-35-15-17-40-18-16-35;10-9(11)7-6-8-4-2-1-3-5-8;1-5(2,3)8-4(6)7;1-2(3)4;2*1-2/h6-10,23-26,28,30,38H,11-20H2,1-5H3;1-5H,6-7H2,(H,10,11);1-3H3,(H2,6,7);1H3,(H,3,4);2*1-2H/t23-,24-,25-,26+,28?,30?,33-,34-;;;;;/m1...../s1. The van der Waals surface area contributed by atoms with E-state index in [0.29, 0.717) is 57.5 Å². The Labute approximate surface area is 409 Å². The normalized spacial score (nSPS) is 27.4. The van der Waals surface area contributed by atoms with Crippen LogP contribution in [-0.4, -0.2) is 126 Å². The quantitative estimate of drug-likeness (QED) is 0.111. The molecule has 2 aromatic rings. The second kappa shape index (κ2) is 27.0. The molecule has 2 bridgehead atoms. The van der Waals surface area contributed by atoms with Gasteiger partial charge in [-0.2, -0.15) is 0 Å². The highest BCUT2D eigenvalue weighted by Crippen LogP contribution is 2.63. The van der Waals surface area contributed by atoms with Gasteiger partial charge >= 0.3 is 18.0 Å². The van der Waals surface area contributed by atoms with Crippen LogP contribution >= 0.6 is 0 Å². The monoisotopic (exact) mass is 961 g/mol. The maximum absolute atomic E-state index is 15.3. The number of nitrogens with zero attached hydrogens (tertiary/aromatic N) is 1. The average molecular weight is 961 g/mol. The summed E-state index contributed by atoms with van der Waals surface area (Å²) >= 11 is 0. The maximum Gasteiger partial charge on any atom is 0.405 e. The molecule has 2 aliphatic heterocycles. The van der Waals surface area contributed by atoms with Crippen LogP contribution in [0.2, 0.25) is 0 Å². The maximum atomic E-state index is 15.3. The molecule has 2 unspecified atom stereocenters. The van der Waals surface area contributed by atoms with Crippen molar-refractivity contribution in [3.8, 4) is 25.7 Å². The summed E-state index contributed by atoms with van der Waals surface area (Å²) in [5, 5.41) is 28.8. The molecule has 15 heteroatoms. The summed E-state index contributed by atoms with van der Waals surface area (Å²) in [6.45, 7) is 19.0. The number of terminal acetylenes is 2. The minimum atomic E-state index is -1.38. The molecule has 1 amide bonds. The van der Waals surface area contributed by atoms with Gasteiger partial charge in [-0.1, -0.05) is 73.5 Å². The number of primary amides is 1. The number of carboxylic acid groups (broad SMARTS) is 2. The number of methoxy groups -OCH3 is 1. The molecule has 15 nitrogen and oxygen atoms in total. The highest BCUT2D eigenvalue weighted by atomic mass is 16.6. The van der Waals surface area contributed by atoms with Gasteiger partial charge in [0.1, 0.15) is 23.1 Å². The molecule has 2 aromatic carbocycles. The molecule has 2 saturated heterocycles. The fourth-order valence-corrected chi connectivity index (χ4v) is 10.4. The summed E-state index contributed by atoms with van der Waals surface area (Å²) in [7, 11) is 1.66. The van der Waals surface area contributed by atoms with Crippen LogP contribution in [0.5, 0.6) is 0 Å². The van der Waals surface area contributed by atoms with E-state index in [2.05, 4.69) is 56.1 Å². The number of morpholine rings is 1. The Morgan fingerprint density at radius 3 is 1.94 bits per heavy atom. The highest BCUT2D eigenvalue weighted by molar-refractivity contribution is 5.92. The summed E-state index contributed by atoms with van der Waals surface area (Å²) in [5.74, 6) is -2.76. The first-order valence-corrected chi connectivity index (χ1v) is 23.3. The lowest BCUT2D eigenvalue weighted by atomic mass is 9.44. The van der Waals surface area contributed by atoms with Crippen LogP contribution in [0.25, 0.3) is 0 Å². The number of carboxylic acids is 2. The van der Waals surface area contributed by atoms with Crippen molar-refractivity contribution in [3.05, 3.63) is 82.9 Å². The minimum absolute atomic E-state index is 0.0211. The van der Waals surface area contributed by atoms with Gasteiger partial charge in [0.25, 0.3) is 5.97 Å². The van der Waals surface area contributed by atoms with Crippen molar-refractivity contribution in [1.82, 2.24) is 4.90 Å². The van der Waals surface area contributed by atoms with E-state index in [-0.39, 0.29) is 30.1 Å². The Morgan fingerprint density at radius 2 is 1.48 bits per heavy atom. The molecule has 0 radical (unpaired) electrons. The van der Waals surface area contributed by atoms with Crippen molar-refractivity contribution >= 4 is 29.8 Å². The minimum Gasteiger partial charge on any atom is -0.481 e. The zero-order valence-corrected chi connectivity index (χ0v) is 42.0. The van der Waals surface area contributed by atoms with Crippen LogP contribution in [0.4, 0.5) is 4.79 Å². The third-order valence-corrected chi connectivity index (χ3v) is 13.6. The van der Waals surface area contributed by atoms with Gasteiger partial charge < -0.3 is 44.7 Å². The van der Waals surface area contributed by atoms with Crippen LogP contribution < -0.4 is 5.73 Å². The zero-order chi connectivity index (χ0) is 52.3. The lowest BCUT2D eigenvalue weighted by molar-refractivity contribution is -0.275. The number of hydrogen-bond acceptors (Lipinski definition) is 12. The van der Waals surface area contributed by atoms with E-state index in [1.54, 1.807) is 40.0 Å². The van der Waals surface area contributed by atoms with Crippen molar-refractivity contribution in [2.24, 2.45) is 34.3 Å². The Balaban J connectivity index is 0.000000495. The molecule has 69 heavy (non-hydrogen) atoms. The molecular weight excluding hydrogens is 885 g/mol. The number of allylic oxidation sites excluding steroid dienone is 1. The van der Waals surface area contributed by atoms with Crippen LogP contribution in [0.1, 0.15) is 103 Å². The summed E-state index contributed by atoms with van der Waals surface area (Å²) in [5.41, 5.74) is 4.78. The molecule has 8 atom stereocenters. The fourth-order valence-electron chi connectivity index (χ4n) is 10.4. The average Bonchev–Trinajstić information content (AvgIpc) is 3.29. The second-order valence-electron chi connectivity index (χ2n) is 19.3. The van der Waals surface area contributed by atoms with Crippen LogP contribution in [0.3, 0.4) is 0 Å². The molecule has 380 valence electrons. The van der Waals surface area contributed by atoms with E-state index >= 15 is 4.79 Å². The Bertz CT molecular complexity index is 2040. The topological polar surface area (TPSA) is 221 Å². The SMILES string of the molecule is C#C.C#C.CC(=O)O.CC(C)(C)OC(N)=O.CO[C@H]1C[C@H]2OC[C@H]2C2C(OC(=O)c3ccccc3)[C@]3(O)CCC(C)=C([C@@H](CCN4CCOCC4)C(=O)[C@@]21C)C3(C)C.O=C(O)CCc1ccccc1. The fraction of sp³-hybridized carbons (Fsp3) is 0.574. The molecule has 2 heterocycles. The van der Waals surface area contributed by atoms with E-state index in [1.807, 2.05) is 55.5 Å². The van der Waals surface area contributed by atoms with Crippen molar-refractivity contribution in [1.29, 1.82) is 0 Å².